The number of amides is 1. The van der Waals surface area contributed by atoms with Crippen molar-refractivity contribution in [3.8, 4) is 17.1 Å². The highest BCUT2D eigenvalue weighted by atomic mass is 35.5. The Morgan fingerprint density at radius 3 is 2.43 bits per heavy atom. The van der Waals surface area contributed by atoms with E-state index >= 15 is 0 Å². The van der Waals surface area contributed by atoms with Gasteiger partial charge in [-0.3, -0.25) is 9.36 Å². The van der Waals surface area contributed by atoms with Gasteiger partial charge in [0.25, 0.3) is 5.91 Å². The smallest absolute Gasteiger partial charge is 0.275 e. The van der Waals surface area contributed by atoms with Gasteiger partial charge in [0.15, 0.2) is 5.69 Å². The molecule has 1 unspecified atom stereocenters. The molecule has 5 rings (SSSR count). The maximum atomic E-state index is 14.9. The normalized spacial score (nSPS) is 19.4. The summed E-state index contributed by atoms with van der Waals surface area (Å²) in [5.74, 6) is 0.170. The number of halogens is 2. The van der Waals surface area contributed by atoms with E-state index < -0.39 is 0 Å². The Morgan fingerprint density at radius 2 is 1.73 bits per heavy atom. The third-order valence-corrected chi connectivity index (χ3v) is 6.58. The second kappa shape index (κ2) is 7.55. The molecule has 1 aromatic heterocycles. The van der Waals surface area contributed by atoms with Crippen LogP contribution in [0.1, 0.15) is 61.3 Å². The van der Waals surface area contributed by atoms with E-state index in [1.807, 2.05) is 28.5 Å². The predicted molar refractivity (Wildman–Crippen MR) is 115 cm³/mol. The number of aromatic nitrogens is 2. The third kappa shape index (κ3) is 3.03. The summed E-state index contributed by atoms with van der Waals surface area (Å²) in [6.45, 7) is 2.03. The van der Waals surface area contributed by atoms with Gasteiger partial charge in [0.2, 0.25) is 0 Å². The number of carbonyl (C=O) groups excluding carboxylic acids is 1. The van der Waals surface area contributed by atoms with E-state index in [-0.39, 0.29) is 23.8 Å². The van der Waals surface area contributed by atoms with Crippen LogP contribution in [-0.4, -0.2) is 26.4 Å². The van der Waals surface area contributed by atoms with Gasteiger partial charge in [-0.15, -0.1) is 0 Å². The highest BCUT2D eigenvalue weighted by Crippen LogP contribution is 2.42. The van der Waals surface area contributed by atoms with Crippen molar-refractivity contribution in [3.63, 3.8) is 0 Å². The van der Waals surface area contributed by atoms with Gasteiger partial charge in [0.1, 0.15) is 11.6 Å². The number of carbonyl (C=O) groups is 1. The average molecular weight is 424 g/mol. The van der Waals surface area contributed by atoms with Crippen LogP contribution >= 0.6 is 11.6 Å². The number of fused-ring (bicyclic) bond motifs is 1. The molecule has 4 nitrogen and oxygen atoms in total. The Balaban J connectivity index is 1.69. The van der Waals surface area contributed by atoms with Gasteiger partial charge in [-0.25, -0.2) is 9.37 Å². The van der Waals surface area contributed by atoms with Crippen LogP contribution in [0, 0.1) is 5.82 Å². The first kappa shape index (κ1) is 19.3. The lowest BCUT2D eigenvalue weighted by Crippen LogP contribution is -2.39. The largest absolute Gasteiger partial charge is 0.326 e. The van der Waals surface area contributed by atoms with Crippen LogP contribution in [0.2, 0.25) is 5.02 Å². The van der Waals surface area contributed by atoms with Gasteiger partial charge in [0.05, 0.1) is 17.4 Å². The lowest BCUT2D eigenvalue weighted by Gasteiger charge is -2.34. The molecule has 30 heavy (non-hydrogen) atoms. The minimum Gasteiger partial charge on any atom is -0.326 e. The van der Waals surface area contributed by atoms with Crippen molar-refractivity contribution in [2.24, 2.45) is 0 Å². The molecule has 1 aliphatic heterocycles. The molecule has 1 saturated carbocycles. The van der Waals surface area contributed by atoms with Crippen molar-refractivity contribution in [2.45, 2.75) is 51.1 Å². The van der Waals surface area contributed by atoms with E-state index in [0.717, 1.165) is 36.9 Å². The predicted octanol–water partition coefficient (Wildman–Crippen LogP) is 6.18. The summed E-state index contributed by atoms with van der Waals surface area (Å²) in [6, 6.07) is 14.0. The first-order valence-electron chi connectivity index (χ1n) is 10.5. The Labute approximate surface area is 180 Å². The summed E-state index contributed by atoms with van der Waals surface area (Å²) >= 11 is 6.06. The van der Waals surface area contributed by atoms with Gasteiger partial charge >= 0.3 is 0 Å². The summed E-state index contributed by atoms with van der Waals surface area (Å²) < 4.78 is 16.7. The van der Waals surface area contributed by atoms with Crippen LogP contribution in [0.3, 0.4) is 0 Å². The quantitative estimate of drug-likeness (QED) is 0.504. The van der Waals surface area contributed by atoms with Crippen LogP contribution in [0.5, 0.6) is 0 Å². The number of imidazole rings is 1. The molecule has 1 atom stereocenters. The monoisotopic (exact) mass is 423 g/mol. The summed E-state index contributed by atoms with van der Waals surface area (Å²) in [6.07, 6.45) is 5.54. The second-order valence-corrected chi connectivity index (χ2v) is 8.58. The topological polar surface area (TPSA) is 38.1 Å². The van der Waals surface area contributed by atoms with E-state index in [4.69, 9.17) is 16.6 Å². The van der Waals surface area contributed by atoms with Crippen molar-refractivity contribution in [2.75, 3.05) is 0 Å². The molecule has 6 heteroatoms. The molecule has 0 spiro atoms. The van der Waals surface area contributed by atoms with Crippen molar-refractivity contribution in [1.82, 2.24) is 14.5 Å². The second-order valence-electron chi connectivity index (χ2n) is 8.14. The number of nitrogens with zero attached hydrogens (tertiary/aromatic N) is 3. The Morgan fingerprint density at radius 1 is 1.03 bits per heavy atom. The standard InChI is InChI=1S/C24H23ClFN3O/c1-15-22-21(24(30)28(15)18-7-3-2-4-8-18)27-23(16-11-13-17(25)14-12-16)29(22)20-10-6-5-9-19(20)26/h5-6,9-15,18H,2-4,7-8H2,1H3. The summed E-state index contributed by atoms with van der Waals surface area (Å²) in [5, 5.41) is 0.614. The molecule has 3 aromatic rings. The van der Waals surface area contributed by atoms with Crippen molar-refractivity contribution in [3.05, 3.63) is 70.8 Å². The summed E-state index contributed by atoms with van der Waals surface area (Å²) in [7, 11) is 0. The SMILES string of the molecule is CC1c2c(nc(-c3ccc(Cl)cc3)n2-c2ccccc2F)C(=O)N1C1CCCCC1. The van der Waals surface area contributed by atoms with Gasteiger partial charge in [-0.1, -0.05) is 43.0 Å². The molecule has 2 aromatic carbocycles. The molecular formula is C24H23ClFN3O. The molecule has 0 saturated heterocycles. The van der Waals surface area contributed by atoms with E-state index in [9.17, 15) is 9.18 Å². The lowest BCUT2D eigenvalue weighted by molar-refractivity contribution is 0.0583. The molecule has 1 fully saturated rings. The maximum Gasteiger partial charge on any atom is 0.275 e. The van der Waals surface area contributed by atoms with Crippen LogP contribution in [-0.2, 0) is 0 Å². The van der Waals surface area contributed by atoms with Crippen molar-refractivity contribution >= 4 is 17.5 Å². The fraction of sp³-hybridized carbons (Fsp3) is 0.333. The minimum absolute atomic E-state index is 0.0466. The molecule has 0 radical (unpaired) electrons. The number of hydrogen-bond acceptors (Lipinski definition) is 2. The van der Waals surface area contributed by atoms with Crippen LogP contribution in [0.25, 0.3) is 17.1 Å². The van der Waals surface area contributed by atoms with Gasteiger partial charge in [-0.05, 0) is 56.2 Å². The maximum absolute atomic E-state index is 14.9. The molecular weight excluding hydrogens is 401 g/mol. The van der Waals surface area contributed by atoms with Crippen LogP contribution in [0.15, 0.2) is 48.5 Å². The van der Waals surface area contributed by atoms with Crippen LogP contribution in [0.4, 0.5) is 4.39 Å². The van der Waals surface area contributed by atoms with E-state index in [0.29, 0.717) is 22.2 Å². The molecule has 2 aliphatic rings. The van der Waals surface area contributed by atoms with E-state index in [2.05, 4.69) is 0 Å². The van der Waals surface area contributed by atoms with Crippen molar-refractivity contribution in [1.29, 1.82) is 0 Å². The minimum atomic E-state index is -0.344. The molecule has 0 N–H and O–H groups in total. The van der Waals surface area contributed by atoms with Gasteiger partial charge in [0, 0.05) is 16.6 Å². The zero-order valence-corrected chi connectivity index (χ0v) is 17.6. The molecule has 1 aliphatic carbocycles. The Hall–Kier alpha value is -2.66. The van der Waals surface area contributed by atoms with Gasteiger partial charge < -0.3 is 4.90 Å². The third-order valence-electron chi connectivity index (χ3n) is 6.33. The van der Waals surface area contributed by atoms with E-state index in [1.165, 1.54) is 12.5 Å². The number of para-hydroxylation sites is 1. The summed E-state index contributed by atoms with van der Waals surface area (Å²) in [4.78, 5) is 20.1. The van der Waals surface area contributed by atoms with Crippen LogP contribution < -0.4 is 0 Å². The highest BCUT2D eigenvalue weighted by Gasteiger charge is 2.43. The zero-order valence-electron chi connectivity index (χ0n) is 16.8. The number of rotatable bonds is 3. The zero-order chi connectivity index (χ0) is 20.8. The molecule has 1 amide bonds. The average Bonchev–Trinajstić information content (AvgIpc) is 3.26. The highest BCUT2D eigenvalue weighted by molar-refractivity contribution is 6.30. The lowest BCUT2D eigenvalue weighted by atomic mass is 9.93. The van der Waals surface area contributed by atoms with Gasteiger partial charge in [-0.2, -0.15) is 0 Å². The summed E-state index contributed by atoms with van der Waals surface area (Å²) in [5.41, 5.74) is 2.39. The van der Waals surface area contributed by atoms with Crippen molar-refractivity contribution < 1.29 is 9.18 Å². The molecule has 2 heterocycles. The molecule has 154 valence electrons. The fourth-order valence-electron chi connectivity index (χ4n) is 4.92. The Kier molecular flexibility index (Phi) is 4.86. The fourth-order valence-corrected chi connectivity index (χ4v) is 5.04. The number of benzene rings is 2. The van der Waals surface area contributed by atoms with E-state index in [1.54, 1.807) is 30.3 Å². The molecule has 0 bridgehead atoms. The first-order valence-corrected chi connectivity index (χ1v) is 10.9. The number of hydrogen-bond donors (Lipinski definition) is 0. The Bertz CT molecular complexity index is 1100. The first-order chi connectivity index (χ1) is 14.6.